The Morgan fingerprint density at radius 3 is 2.21 bits per heavy atom. The van der Waals surface area contributed by atoms with E-state index in [4.69, 9.17) is 4.74 Å². The molecule has 0 saturated carbocycles. The quantitative estimate of drug-likeness (QED) is 0.245. The second-order valence-electron chi connectivity index (χ2n) is 9.49. The third-order valence-electron chi connectivity index (χ3n) is 6.73. The second kappa shape index (κ2) is 12.2. The molecule has 0 fully saturated rings. The van der Waals surface area contributed by atoms with Crippen LogP contribution < -0.4 is 14.4 Å². The van der Waals surface area contributed by atoms with Gasteiger partial charge in [0.25, 0.3) is 15.9 Å². The Labute approximate surface area is 231 Å². The molecule has 7 heteroatoms. The van der Waals surface area contributed by atoms with Gasteiger partial charge in [-0.25, -0.2) is 8.42 Å². The van der Waals surface area contributed by atoms with Gasteiger partial charge >= 0.3 is 0 Å². The predicted octanol–water partition coefficient (Wildman–Crippen LogP) is 6.59. The van der Waals surface area contributed by atoms with Crippen molar-refractivity contribution in [2.45, 2.75) is 44.7 Å². The van der Waals surface area contributed by atoms with Crippen LogP contribution in [-0.4, -0.2) is 21.4 Å². The average molecular weight is 543 g/mol. The number of hydrogen-bond acceptors (Lipinski definition) is 4. The number of hydrogen-bond donors (Lipinski definition) is 1. The van der Waals surface area contributed by atoms with Crippen LogP contribution in [0.5, 0.6) is 5.75 Å². The number of carbonyl (C=O) groups excluding carboxylic acids is 1. The second-order valence-corrected chi connectivity index (χ2v) is 11.4. The minimum Gasteiger partial charge on any atom is -0.496 e. The van der Waals surface area contributed by atoms with Crippen molar-refractivity contribution in [2.75, 3.05) is 11.4 Å². The van der Waals surface area contributed by atoms with Crippen molar-refractivity contribution in [3.63, 3.8) is 0 Å². The van der Waals surface area contributed by atoms with Gasteiger partial charge in [-0.3, -0.25) is 9.10 Å². The molecule has 0 saturated heterocycles. The monoisotopic (exact) mass is 542 g/mol. The number of rotatable bonds is 10. The molecule has 0 spiro atoms. The molecule has 6 nitrogen and oxygen atoms in total. The maximum atomic E-state index is 14.0. The summed E-state index contributed by atoms with van der Waals surface area (Å²) in [6, 6.07) is 28.5. The maximum absolute atomic E-state index is 14.0. The van der Waals surface area contributed by atoms with Crippen molar-refractivity contribution in [3.8, 4) is 5.75 Å². The fourth-order valence-electron chi connectivity index (χ4n) is 4.54. The third-order valence-corrected chi connectivity index (χ3v) is 8.50. The Hall–Kier alpha value is -4.10. The number of amides is 1. The fraction of sp³-hybridized carbons (Fsp3) is 0.219. The Balaban J connectivity index is 1.74. The largest absolute Gasteiger partial charge is 0.496 e. The highest BCUT2D eigenvalue weighted by atomic mass is 32.2. The smallest absolute Gasteiger partial charge is 0.264 e. The van der Waals surface area contributed by atoms with Gasteiger partial charge in [0.05, 0.1) is 35.8 Å². The van der Waals surface area contributed by atoms with Crippen molar-refractivity contribution in [1.29, 1.82) is 0 Å². The lowest BCUT2D eigenvalue weighted by Crippen LogP contribution is -2.34. The van der Waals surface area contributed by atoms with Crippen LogP contribution in [0.2, 0.25) is 0 Å². The SMILES string of the molecule is CC[C@H](NC(=O)c1ccccc1N(Cc1ccccc1)S(=O)(=O)c1ccc(C)cc1)c1ccc(OC)c(C)c1. The van der Waals surface area contributed by atoms with E-state index in [0.29, 0.717) is 12.1 Å². The maximum Gasteiger partial charge on any atom is 0.264 e. The van der Waals surface area contributed by atoms with E-state index in [1.54, 1.807) is 55.6 Å². The van der Waals surface area contributed by atoms with Gasteiger partial charge in [0, 0.05) is 0 Å². The van der Waals surface area contributed by atoms with Gasteiger partial charge in [0.15, 0.2) is 0 Å². The predicted molar refractivity (Wildman–Crippen MR) is 156 cm³/mol. The van der Waals surface area contributed by atoms with E-state index in [2.05, 4.69) is 5.32 Å². The minimum absolute atomic E-state index is 0.0796. The zero-order valence-corrected chi connectivity index (χ0v) is 23.5. The van der Waals surface area contributed by atoms with E-state index in [-0.39, 0.29) is 29.0 Å². The lowest BCUT2D eigenvalue weighted by atomic mass is 10.0. The average Bonchev–Trinajstić information content (AvgIpc) is 2.95. The molecule has 0 aliphatic carbocycles. The number of carbonyl (C=O) groups is 1. The molecular formula is C32H34N2O4S. The van der Waals surface area contributed by atoms with Crippen LogP contribution in [-0.2, 0) is 16.6 Å². The lowest BCUT2D eigenvalue weighted by molar-refractivity contribution is 0.0936. The normalized spacial score (nSPS) is 12.0. The van der Waals surface area contributed by atoms with Crippen LogP contribution in [0.1, 0.15) is 52.0 Å². The number of nitrogens with one attached hydrogen (secondary N) is 1. The molecule has 0 unspecified atom stereocenters. The third kappa shape index (κ3) is 6.32. The highest BCUT2D eigenvalue weighted by Gasteiger charge is 2.29. The summed E-state index contributed by atoms with van der Waals surface area (Å²) in [7, 11) is -2.36. The van der Waals surface area contributed by atoms with Crippen molar-refractivity contribution in [3.05, 3.63) is 125 Å². The number of sulfonamides is 1. The van der Waals surface area contributed by atoms with Gasteiger partial charge in [0.2, 0.25) is 0 Å². The zero-order chi connectivity index (χ0) is 28.0. The molecule has 0 radical (unpaired) electrons. The van der Waals surface area contributed by atoms with E-state index in [9.17, 15) is 13.2 Å². The summed E-state index contributed by atoms with van der Waals surface area (Å²) >= 11 is 0. The highest BCUT2D eigenvalue weighted by Crippen LogP contribution is 2.31. The van der Waals surface area contributed by atoms with Gasteiger partial charge < -0.3 is 10.1 Å². The molecule has 1 atom stereocenters. The van der Waals surface area contributed by atoms with Gasteiger partial charge in [-0.1, -0.05) is 79.2 Å². The molecule has 4 aromatic carbocycles. The van der Waals surface area contributed by atoms with E-state index in [0.717, 1.165) is 28.0 Å². The summed E-state index contributed by atoms with van der Waals surface area (Å²) in [6.07, 6.45) is 0.662. The first-order valence-electron chi connectivity index (χ1n) is 12.9. The number of anilines is 1. The van der Waals surface area contributed by atoms with Crippen LogP contribution in [0, 0.1) is 13.8 Å². The van der Waals surface area contributed by atoms with Crippen molar-refractivity contribution < 1.29 is 17.9 Å². The summed E-state index contributed by atoms with van der Waals surface area (Å²) in [5, 5.41) is 3.12. The fourth-order valence-corrected chi connectivity index (χ4v) is 6.02. The van der Waals surface area contributed by atoms with Crippen molar-refractivity contribution in [1.82, 2.24) is 5.32 Å². The molecule has 0 aliphatic rings. The van der Waals surface area contributed by atoms with Crippen LogP contribution in [0.15, 0.2) is 102 Å². The van der Waals surface area contributed by atoms with E-state index in [1.807, 2.05) is 69.3 Å². The van der Waals surface area contributed by atoms with E-state index < -0.39 is 10.0 Å². The summed E-state index contributed by atoms with van der Waals surface area (Å²) in [6.45, 7) is 5.95. The number of para-hydroxylation sites is 1. The topological polar surface area (TPSA) is 75.7 Å². The van der Waals surface area contributed by atoms with Crippen LogP contribution in [0.4, 0.5) is 5.69 Å². The Morgan fingerprint density at radius 2 is 1.56 bits per heavy atom. The Morgan fingerprint density at radius 1 is 0.897 bits per heavy atom. The van der Waals surface area contributed by atoms with Gasteiger partial charge in [-0.15, -0.1) is 0 Å². The summed E-state index contributed by atoms with van der Waals surface area (Å²) in [5.74, 6) is 0.436. The standard InChI is InChI=1S/C32H34N2O4S/c1-5-29(26-17-20-31(38-4)24(3)21-26)33-32(35)28-13-9-10-14-30(28)34(22-25-11-7-6-8-12-25)39(36,37)27-18-15-23(2)16-19-27/h6-21,29H,5,22H2,1-4H3,(H,33,35)/t29-/m0/s1. The van der Waals surface area contributed by atoms with Crippen molar-refractivity contribution in [2.24, 2.45) is 0 Å². The first-order valence-corrected chi connectivity index (χ1v) is 14.4. The van der Waals surface area contributed by atoms with Gasteiger partial charge in [-0.2, -0.15) is 0 Å². The minimum atomic E-state index is -3.99. The van der Waals surface area contributed by atoms with Gasteiger partial charge in [0.1, 0.15) is 5.75 Å². The van der Waals surface area contributed by atoms with Crippen LogP contribution in [0.3, 0.4) is 0 Å². The molecule has 1 amide bonds. The van der Waals surface area contributed by atoms with Crippen LogP contribution >= 0.6 is 0 Å². The molecule has 39 heavy (non-hydrogen) atoms. The molecule has 4 rings (SSSR count). The molecular weight excluding hydrogens is 508 g/mol. The first kappa shape index (κ1) is 27.9. The van der Waals surface area contributed by atoms with Crippen LogP contribution in [0.25, 0.3) is 0 Å². The molecule has 1 N–H and O–H groups in total. The number of methoxy groups -OCH3 is 1. The lowest BCUT2D eigenvalue weighted by Gasteiger charge is -2.27. The zero-order valence-electron chi connectivity index (χ0n) is 22.7. The first-order chi connectivity index (χ1) is 18.7. The number of benzene rings is 4. The Kier molecular flexibility index (Phi) is 8.72. The summed E-state index contributed by atoms with van der Waals surface area (Å²) in [4.78, 5) is 13.9. The molecule has 0 bridgehead atoms. The van der Waals surface area contributed by atoms with E-state index >= 15 is 0 Å². The van der Waals surface area contributed by atoms with Crippen molar-refractivity contribution >= 4 is 21.6 Å². The molecule has 202 valence electrons. The molecule has 0 aliphatic heterocycles. The summed E-state index contributed by atoms with van der Waals surface area (Å²) < 4.78 is 34.7. The number of ether oxygens (including phenoxy) is 1. The molecule has 4 aromatic rings. The number of aryl methyl sites for hydroxylation is 2. The van der Waals surface area contributed by atoms with Gasteiger partial charge in [-0.05, 0) is 67.3 Å². The highest BCUT2D eigenvalue weighted by molar-refractivity contribution is 7.92. The Bertz CT molecular complexity index is 1530. The number of nitrogens with zero attached hydrogens (tertiary/aromatic N) is 1. The summed E-state index contributed by atoms with van der Waals surface area (Å²) in [5.41, 5.74) is 4.30. The molecule has 0 aromatic heterocycles. The van der Waals surface area contributed by atoms with E-state index in [1.165, 1.54) is 4.31 Å². The molecule has 0 heterocycles.